The van der Waals surface area contributed by atoms with Gasteiger partial charge in [-0.15, -0.1) is 24.0 Å². The molecule has 7 nitrogen and oxygen atoms in total. The third-order valence-corrected chi connectivity index (χ3v) is 3.05. The molecule has 1 saturated carbocycles. The molecule has 1 fully saturated rings. The van der Waals surface area contributed by atoms with Crippen molar-refractivity contribution in [3.63, 3.8) is 0 Å². The minimum atomic E-state index is -0.402. The van der Waals surface area contributed by atoms with E-state index in [1.54, 1.807) is 12.1 Å². The van der Waals surface area contributed by atoms with Crippen molar-refractivity contribution in [3.05, 3.63) is 34.4 Å². The van der Waals surface area contributed by atoms with E-state index in [1.165, 1.54) is 25.0 Å². The van der Waals surface area contributed by atoms with Gasteiger partial charge in [0.2, 0.25) is 0 Å². The molecule has 22 heavy (non-hydrogen) atoms. The maximum atomic E-state index is 10.6. The molecule has 0 aliphatic heterocycles. The van der Waals surface area contributed by atoms with Crippen LogP contribution in [0.25, 0.3) is 0 Å². The molecule has 8 heteroatoms. The number of nitro groups is 1. The molecular weight excluding hydrogens is 397 g/mol. The lowest BCUT2D eigenvalue weighted by Gasteiger charge is -2.10. The molecule has 2 rings (SSSR count). The highest BCUT2D eigenvalue weighted by atomic mass is 127. The fraction of sp³-hybridized carbons (Fsp3) is 0.500. The number of hydrogen-bond donors (Lipinski definition) is 3. The van der Waals surface area contributed by atoms with Gasteiger partial charge in [0.25, 0.3) is 5.69 Å². The Bertz CT molecular complexity index is 502. The molecule has 0 atom stereocenters. The maximum absolute atomic E-state index is 10.6. The first-order chi connectivity index (χ1) is 10.2. The van der Waals surface area contributed by atoms with Crippen LogP contribution in [0, 0.1) is 10.1 Å². The number of anilines is 1. The van der Waals surface area contributed by atoms with Crippen LogP contribution in [0.5, 0.6) is 0 Å². The summed E-state index contributed by atoms with van der Waals surface area (Å²) in [5.41, 5.74) is 0.956. The number of nitrogens with one attached hydrogen (secondary N) is 3. The normalized spacial score (nSPS) is 14.0. The molecular formula is C14H22IN5O2. The van der Waals surface area contributed by atoms with Crippen molar-refractivity contribution in [2.24, 2.45) is 4.99 Å². The quantitative estimate of drug-likeness (QED) is 0.158. The van der Waals surface area contributed by atoms with E-state index >= 15 is 0 Å². The first-order valence-corrected chi connectivity index (χ1v) is 7.22. The maximum Gasteiger partial charge on any atom is 0.269 e. The van der Waals surface area contributed by atoms with Crippen LogP contribution in [0.2, 0.25) is 0 Å². The Morgan fingerprint density at radius 2 is 2.05 bits per heavy atom. The highest BCUT2D eigenvalue weighted by Crippen LogP contribution is 2.18. The van der Waals surface area contributed by atoms with E-state index < -0.39 is 4.92 Å². The van der Waals surface area contributed by atoms with Gasteiger partial charge < -0.3 is 16.0 Å². The van der Waals surface area contributed by atoms with E-state index in [1.807, 2.05) is 6.92 Å². The fourth-order valence-corrected chi connectivity index (χ4v) is 1.81. The van der Waals surface area contributed by atoms with Crippen LogP contribution < -0.4 is 16.0 Å². The molecule has 0 aromatic heterocycles. The molecule has 0 bridgehead atoms. The zero-order valence-electron chi connectivity index (χ0n) is 12.5. The van der Waals surface area contributed by atoms with Gasteiger partial charge in [-0.25, -0.2) is 0 Å². The molecule has 1 aliphatic rings. The van der Waals surface area contributed by atoms with Gasteiger partial charge in [0.05, 0.1) is 11.5 Å². The van der Waals surface area contributed by atoms with Gasteiger partial charge in [0, 0.05) is 37.0 Å². The van der Waals surface area contributed by atoms with Crippen LogP contribution in [0.1, 0.15) is 19.8 Å². The molecule has 1 aromatic carbocycles. The summed E-state index contributed by atoms with van der Waals surface area (Å²) >= 11 is 0. The number of guanidine groups is 1. The molecule has 0 radical (unpaired) electrons. The smallest absolute Gasteiger partial charge is 0.269 e. The monoisotopic (exact) mass is 419 g/mol. The van der Waals surface area contributed by atoms with E-state index in [2.05, 4.69) is 20.9 Å². The molecule has 0 amide bonds. The number of aliphatic imine (C=N–C) groups is 1. The zero-order valence-corrected chi connectivity index (χ0v) is 14.9. The number of nitro benzene ring substituents is 1. The number of hydrogen-bond acceptors (Lipinski definition) is 4. The highest BCUT2D eigenvalue weighted by Gasteiger charge is 2.21. The van der Waals surface area contributed by atoms with E-state index in [-0.39, 0.29) is 29.7 Å². The standard InChI is InChI=1S/C14H21N5O2.HI/c1-2-15-14(18-12-3-4-12)17-10-9-16-11-5-7-13(8-6-11)19(20)21;/h5-8,12,16H,2-4,9-10H2,1H3,(H2,15,17,18);1H. The summed E-state index contributed by atoms with van der Waals surface area (Å²) in [6.07, 6.45) is 2.43. The van der Waals surface area contributed by atoms with Crippen LogP contribution in [0.4, 0.5) is 11.4 Å². The van der Waals surface area contributed by atoms with Gasteiger partial charge in [-0.3, -0.25) is 15.1 Å². The van der Waals surface area contributed by atoms with Crippen LogP contribution in [-0.2, 0) is 0 Å². The van der Waals surface area contributed by atoms with Gasteiger partial charge in [0.15, 0.2) is 5.96 Å². The predicted molar refractivity (Wildman–Crippen MR) is 99.1 cm³/mol. The van der Waals surface area contributed by atoms with Crippen molar-refractivity contribution < 1.29 is 4.92 Å². The second-order valence-corrected chi connectivity index (χ2v) is 4.91. The van der Waals surface area contributed by atoms with Crippen molar-refractivity contribution in [3.8, 4) is 0 Å². The minimum absolute atomic E-state index is 0. The van der Waals surface area contributed by atoms with Crippen LogP contribution in [-0.4, -0.2) is 36.6 Å². The van der Waals surface area contributed by atoms with E-state index in [0.29, 0.717) is 19.1 Å². The van der Waals surface area contributed by atoms with Gasteiger partial charge in [-0.1, -0.05) is 0 Å². The second-order valence-electron chi connectivity index (χ2n) is 4.91. The number of nitrogens with zero attached hydrogens (tertiary/aromatic N) is 2. The summed E-state index contributed by atoms with van der Waals surface area (Å²) in [5, 5.41) is 20.3. The van der Waals surface area contributed by atoms with Crippen molar-refractivity contribution in [1.82, 2.24) is 10.6 Å². The summed E-state index contributed by atoms with van der Waals surface area (Å²) in [6, 6.07) is 6.96. The largest absolute Gasteiger partial charge is 0.383 e. The van der Waals surface area contributed by atoms with Gasteiger partial charge >= 0.3 is 0 Å². The van der Waals surface area contributed by atoms with Crippen molar-refractivity contribution in [2.75, 3.05) is 25.0 Å². The lowest BCUT2D eigenvalue weighted by molar-refractivity contribution is -0.384. The lowest BCUT2D eigenvalue weighted by Crippen LogP contribution is -2.38. The minimum Gasteiger partial charge on any atom is -0.383 e. The molecule has 122 valence electrons. The van der Waals surface area contributed by atoms with Crippen LogP contribution in [0.3, 0.4) is 0 Å². The Morgan fingerprint density at radius 1 is 1.36 bits per heavy atom. The van der Waals surface area contributed by atoms with Gasteiger partial charge in [-0.05, 0) is 31.9 Å². The number of benzene rings is 1. The number of non-ortho nitro benzene ring substituents is 1. The van der Waals surface area contributed by atoms with E-state index in [4.69, 9.17) is 0 Å². The van der Waals surface area contributed by atoms with Crippen LogP contribution >= 0.6 is 24.0 Å². The third-order valence-electron chi connectivity index (χ3n) is 3.05. The first-order valence-electron chi connectivity index (χ1n) is 7.22. The van der Waals surface area contributed by atoms with Crippen LogP contribution in [0.15, 0.2) is 29.3 Å². The first kappa shape index (κ1) is 18.5. The number of rotatable bonds is 7. The second kappa shape index (κ2) is 9.44. The molecule has 3 N–H and O–H groups in total. The summed E-state index contributed by atoms with van der Waals surface area (Å²) in [7, 11) is 0. The van der Waals surface area contributed by atoms with Crippen molar-refractivity contribution in [1.29, 1.82) is 0 Å². The molecule has 1 aromatic rings. The highest BCUT2D eigenvalue weighted by molar-refractivity contribution is 14.0. The topological polar surface area (TPSA) is 91.6 Å². The molecule has 0 heterocycles. The van der Waals surface area contributed by atoms with Crippen molar-refractivity contribution in [2.45, 2.75) is 25.8 Å². The Labute approximate surface area is 147 Å². The van der Waals surface area contributed by atoms with E-state index in [9.17, 15) is 10.1 Å². The molecule has 0 spiro atoms. The molecule has 1 aliphatic carbocycles. The average Bonchev–Trinajstić information content (AvgIpc) is 3.28. The fourth-order valence-electron chi connectivity index (χ4n) is 1.81. The average molecular weight is 419 g/mol. The Kier molecular flexibility index (Phi) is 7.92. The number of halogens is 1. The summed E-state index contributed by atoms with van der Waals surface area (Å²) in [4.78, 5) is 14.6. The molecule has 0 saturated heterocycles. The summed E-state index contributed by atoms with van der Waals surface area (Å²) in [6.45, 7) is 4.20. The summed E-state index contributed by atoms with van der Waals surface area (Å²) < 4.78 is 0. The third kappa shape index (κ3) is 6.46. The van der Waals surface area contributed by atoms with E-state index in [0.717, 1.165) is 18.2 Å². The Balaban J connectivity index is 0.00000242. The van der Waals surface area contributed by atoms with Gasteiger partial charge in [0.1, 0.15) is 0 Å². The van der Waals surface area contributed by atoms with Crippen molar-refractivity contribution >= 4 is 41.3 Å². The Morgan fingerprint density at radius 3 is 2.59 bits per heavy atom. The SMILES string of the molecule is CCNC(=NCCNc1ccc([N+](=O)[O-])cc1)NC1CC1.I. The zero-order chi connectivity index (χ0) is 15.1. The summed E-state index contributed by atoms with van der Waals surface area (Å²) in [5.74, 6) is 0.852. The molecule has 0 unspecified atom stereocenters. The van der Waals surface area contributed by atoms with Gasteiger partial charge in [-0.2, -0.15) is 0 Å². The Hall–Kier alpha value is -1.58. The predicted octanol–water partition coefficient (Wildman–Crippen LogP) is 2.34. The lowest BCUT2D eigenvalue weighted by atomic mass is 10.3.